The van der Waals surface area contributed by atoms with Crippen LogP contribution in [-0.4, -0.2) is 41.2 Å². The Morgan fingerprint density at radius 3 is 2.47 bits per heavy atom. The van der Waals surface area contributed by atoms with Crippen molar-refractivity contribution in [2.45, 2.75) is 50.5 Å². The molecule has 160 valence electrons. The highest BCUT2D eigenvalue weighted by molar-refractivity contribution is 7.09. The number of nitrogens with zero attached hydrogens (tertiary/aromatic N) is 3. The normalized spacial score (nSPS) is 20.7. The van der Waals surface area contributed by atoms with Gasteiger partial charge in [0.25, 0.3) is 0 Å². The smallest absolute Gasteiger partial charge is 0.125 e. The Labute approximate surface area is 183 Å². The molecule has 1 aliphatic heterocycles. The summed E-state index contributed by atoms with van der Waals surface area (Å²) >= 11 is 1.62. The molecule has 1 atom stereocenters. The molecular weight excluding hydrogens is 394 g/mol. The van der Waals surface area contributed by atoms with E-state index in [4.69, 9.17) is 10.00 Å². The number of rotatable bonds is 8. The highest BCUT2D eigenvalue weighted by Crippen LogP contribution is 2.48. The Morgan fingerprint density at radius 2 is 1.83 bits per heavy atom. The number of hydrogen-bond donors (Lipinski definition) is 1. The van der Waals surface area contributed by atoms with Crippen molar-refractivity contribution in [3.8, 4) is 11.8 Å². The summed E-state index contributed by atoms with van der Waals surface area (Å²) in [6, 6.07) is 9.40. The topological polar surface area (TPSA) is 69.4 Å². The largest absolute Gasteiger partial charge is 0.494 e. The molecule has 0 amide bonds. The monoisotopic (exact) mass is 425 g/mol. The lowest BCUT2D eigenvalue weighted by molar-refractivity contribution is -0.0935. The van der Waals surface area contributed by atoms with E-state index in [0.717, 1.165) is 62.5 Å². The van der Waals surface area contributed by atoms with Crippen molar-refractivity contribution in [1.82, 2.24) is 9.88 Å². The Kier molecular flexibility index (Phi) is 7.04. The van der Waals surface area contributed by atoms with Gasteiger partial charge in [-0.3, -0.25) is 0 Å². The molecule has 1 aromatic carbocycles. The first kappa shape index (κ1) is 21.3. The van der Waals surface area contributed by atoms with Gasteiger partial charge in [0.1, 0.15) is 16.4 Å². The van der Waals surface area contributed by atoms with Gasteiger partial charge in [0, 0.05) is 18.1 Å². The maximum absolute atomic E-state index is 11.8. The first-order valence-electron chi connectivity index (χ1n) is 11.2. The van der Waals surface area contributed by atoms with E-state index in [9.17, 15) is 5.11 Å². The Bertz CT molecular complexity index is 819. The molecule has 1 unspecified atom stereocenters. The number of aliphatic hydroxyl groups is 1. The lowest BCUT2D eigenvalue weighted by atomic mass is 9.72. The van der Waals surface area contributed by atoms with Crippen molar-refractivity contribution in [3.63, 3.8) is 0 Å². The van der Waals surface area contributed by atoms with Crippen molar-refractivity contribution in [2.75, 3.05) is 26.2 Å². The summed E-state index contributed by atoms with van der Waals surface area (Å²) in [5, 5.41) is 23.6. The Hall–Kier alpha value is -1.94. The molecule has 5 nitrogen and oxygen atoms in total. The van der Waals surface area contributed by atoms with E-state index >= 15 is 0 Å². The average Bonchev–Trinajstić information content (AvgIpc) is 3.52. The van der Waals surface area contributed by atoms with E-state index in [1.807, 2.05) is 23.7 Å². The molecule has 1 saturated carbocycles. The van der Waals surface area contributed by atoms with Crippen LogP contribution in [0.1, 0.15) is 55.5 Å². The van der Waals surface area contributed by atoms with Crippen molar-refractivity contribution in [3.05, 3.63) is 46.4 Å². The van der Waals surface area contributed by atoms with Crippen LogP contribution in [0, 0.1) is 23.2 Å². The van der Waals surface area contributed by atoms with Crippen LogP contribution < -0.4 is 4.74 Å². The summed E-state index contributed by atoms with van der Waals surface area (Å²) in [7, 11) is 0. The molecule has 1 N–H and O–H groups in total. The summed E-state index contributed by atoms with van der Waals surface area (Å²) in [4.78, 5) is 7.04. The molecule has 1 saturated heterocycles. The van der Waals surface area contributed by atoms with Crippen LogP contribution in [0.5, 0.6) is 5.75 Å². The van der Waals surface area contributed by atoms with Gasteiger partial charge in [-0.15, -0.1) is 11.3 Å². The maximum Gasteiger partial charge on any atom is 0.125 e. The van der Waals surface area contributed by atoms with Crippen LogP contribution in [0.4, 0.5) is 0 Å². The van der Waals surface area contributed by atoms with Crippen molar-refractivity contribution in [1.29, 1.82) is 5.26 Å². The van der Waals surface area contributed by atoms with E-state index in [0.29, 0.717) is 24.0 Å². The van der Waals surface area contributed by atoms with Crippen LogP contribution in [0.3, 0.4) is 0 Å². The second-order valence-corrected chi connectivity index (χ2v) is 9.49. The highest BCUT2D eigenvalue weighted by Gasteiger charge is 2.48. The predicted molar refractivity (Wildman–Crippen MR) is 118 cm³/mol. The molecule has 0 bridgehead atoms. The zero-order valence-corrected chi connectivity index (χ0v) is 18.3. The summed E-state index contributed by atoms with van der Waals surface area (Å²) in [5.41, 5.74) is -0.0873. The van der Waals surface area contributed by atoms with Gasteiger partial charge >= 0.3 is 0 Å². The molecule has 1 aliphatic carbocycles. The van der Waals surface area contributed by atoms with Gasteiger partial charge in [-0.2, -0.15) is 5.26 Å². The minimum absolute atomic E-state index is 0.304. The van der Waals surface area contributed by atoms with Crippen LogP contribution in [0.2, 0.25) is 0 Å². The number of aromatic nitrogens is 1. The van der Waals surface area contributed by atoms with Crippen molar-refractivity contribution in [2.24, 2.45) is 11.8 Å². The second-order valence-electron chi connectivity index (χ2n) is 8.60. The summed E-state index contributed by atoms with van der Waals surface area (Å²) in [5.74, 6) is 1.48. The van der Waals surface area contributed by atoms with Gasteiger partial charge in [0.05, 0.1) is 18.2 Å². The third kappa shape index (κ3) is 4.69. The SMILES string of the molecule is N#Cc1ccc(OCCCN2CCC(C(O)(c3nccs3)C3CCCC3)CC2)cc1. The summed E-state index contributed by atoms with van der Waals surface area (Å²) in [6.45, 7) is 3.75. The zero-order chi connectivity index (χ0) is 20.8. The third-order valence-corrected chi connectivity index (χ3v) is 7.75. The predicted octanol–water partition coefficient (Wildman–Crippen LogP) is 4.57. The number of piperidine rings is 1. The summed E-state index contributed by atoms with van der Waals surface area (Å²) in [6.07, 6.45) is 9.60. The van der Waals surface area contributed by atoms with E-state index < -0.39 is 5.60 Å². The maximum atomic E-state index is 11.8. The minimum Gasteiger partial charge on any atom is -0.494 e. The number of ether oxygens (including phenoxy) is 1. The lowest BCUT2D eigenvalue weighted by Gasteiger charge is -2.43. The standard InChI is InChI=1S/C24H31N3O2S/c25-18-19-6-8-22(9-7-19)29-16-3-13-27-14-10-21(11-15-27)24(28,20-4-1-2-5-20)23-26-12-17-30-23/h6-9,12,17,20-21,28H,1-5,10-11,13-16H2. The zero-order valence-electron chi connectivity index (χ0n) is 17.5. The highest BCUT2D eigenvalue weighted by atomic mass is 32.1. The van der Waals surface area contributed by atoms with Crippen LogP contribution in [0.25, 0.3) is 0 Å². The molecule has 2 fully saturated rings. The molecule has 2 aromatic rings. The first-order chi connectivity index (χ1) is 14.7. The van der Waals surface area contributed by atoms with E-state index in [1.54, 1.807) is 23.5 Å². The number of benzene rings is 1. The molecule has 2 heterocycles. The Balaban J connectivity index is 1.25. The van der Waals surface area contributed by atoms with E-state index in [1.165, 1.54) is 12.8 Å². The van der Waals surface area contributed by atoms with E-state index in [2.05, 4.69) is 16.0 Å². The fourth-order valence-corrected chi connectivity index (χ4v) is 6.06. The second kappa shape index (κ2) is 9.91. The molecule has 0 spiro atoms. The van der Waals surface area contributed by atoms with Gasteiger partial charge in [0.15, 0.2) is 0 Å². The summed E-state index contributed by atoms with van der Waals surface area (Å²) < 4.78 is 5.81. The fraction of sp³-hybridized carbons (Fsp3) is 0.583. The van der Waals surface area contributed by atoms with E-state index in [-0.39, 0.29) is 0 Å². The quantitative estimate of drug-likeness (QED) is 0.627. The first-order valence-corrected chi connectivity index (χ1v) is 12.1. The number of thiazole rings is 1. The van der Waals surface area contributed by atoms with Crippen LogP contribution in [0.15, 0.2) is 35.8 Å². The molecule has 2 aliphatic rings. The third-order valence-electron chi connectivity index (χ3n) is 6.83. The number of hydrogen-bond acceptors (Lipinski definition) is 6. The average molecular weight is 426 g/mol. The minimum atomic E-state index is -0.741. The fourth-order valence-electron chi connectivity index (χ4n) is 5.17. The number of nitriles is 1. The van der Waals surface area contributed by atoms with Gasteiger partial charge in [-0.25, -0.2) is 4.98 Å². The number of likely N-dealkylation sites (tertiary alicyclic amines) is 1. The molecule has 0 radical (unpaired) electrons. The van der Waals surface area contributed by atoms with Gasteiger partial charge in [-0.1, -0.05) is 12.8 Å². The Morgan fingerprint density at radius 1 is 1.13 bits per heavy atom. The molecular formula is C24H31N3O2S. The van der Waals surface area contributed by atoms with Crippen molar-refractivity contribution >= 4 is 11.3 Å². The lowest BCUT2D eigenvalue weighted by Crippen LogP contribution is -2.47. The molecule has 1 aromatic heterocycles. The van der Waals surface area contributed by atoms with Crippen LogP contribution >= 0.6 is 11.3 Å². The van der Waals surface area contributed by atoms with Crippen molar-refractivity contribution < 1.29 is 9.84 Å². The molecule has 30 heavy (non-hydrogen) atoms. The van der Waals surface area contributed by atoms with Gasteiger partial charge in [-0.05, 0) is 81.3 Å². The molecule has 6 heteroatoms. The van der Waals surface area contributed by atoms with Gasteiger partial charge in [0.2, 0.25) is 0 Å². The van der Waals surface area contributed by atoms with Gasteiger partial charge < -0.3 is 14.7 Å². The molecule has 4 rings (SSSR count). The van der Waals surface area contributed by atoms with Crippen LogP contribution in [-0.2, 0) is 5.60 Å².